The van der Waals surface area contributed by atoms with Crippen LogP contribution < -0.4 is 5.32 Å². The van der Waals surface area contributed by atoms with E-state index >= 15 is 0 Å². The average molecular weight is 396 g/mol. The normalized spacial score (nSPS) is 32.6. The second-order valence-electron chi connectivity index (χ2n) is 8.00. The van der Waals surface area contributed by atoms with Crippen LogP contribution in [0.1, 0.15) is 38.3 Å². The predicted octanol–water partition coefficient (Wildman–Crippen LogP) is 0.836. The molecule has 0 bridgehead atoms. The van der Waals surface area contributed by atoms with E-state index in [1.54, 1.807) is 6.20 Å². The highest BCUT2D eigenvalue weighted by atomic mass is 35.5. The third-order valence-electron chi connectivity index (χ3n) is 6.30. The van der Waals surface area contributed by atoms with E-state index < -0.39 is 31.1 Å². The number of fused-ring (bicyclic) bond motifs is 1. The number of aromatic nitrogens is 4. The summed E-state index contributed by atoms with van der Waals surface area (Å²) < 4.78 is 6.94. The van der Waals surface area contributed by atoms with Gasteiger partial charge in [0, 0.05) is 6.04 Å². The molecule has 0 radical (unpaired) electrons. The molecule has 9 nitrogen and oxygen atoms in total. The maximum absolute atomic E-state index is 10.3. The summed E-state index contributed by atoms with van der Waals surface area (Å²) >= 11 is 6.12. The summed E-state index contributed by atoms with van der Waals surface area (Å²) in [4.78, 5) is 8.55. The van der Waals surface area contributed by atoms with Crippen molar-refractivity contribution in [1.29, 1.82) is 0 Å². The van der Waals surface area contributed by atoms with Crippen LogP contribution in [-0.4, -0.2) is 66.0 Å². The minimum atomic E-state index is -1.24. The maximum atomic E-state index is 10.3. The van der Waals surface area contributed by atoms with Crippen LogP contribution in [-0.2, 0) is 4.74 Å². The van der Waals surface area contributed by atoms with Crippen molar-refractivity contribution in [2.24, 2.45) is 5.41 Å². The molecule has 3 heterocycles. The molecule has 27 heavy (non-hydrogen) atoms. The van der Waals surface area contributed by atoms with Crippen molar-refractivity contribution >= 4 is 28.5 Å². The Hall–Kier alpha value is -1.52. The summed E-state index contributed by atoms with van der Waals surface area (Å²) in [5, 5.41) is 38.0. The van der Waals surface area contributed by atoms with E-state index in [9.17, 15) is 15.3 Å². The van der Waals surface area contributed by atoms with E-state index in [-0.39, 0.29) is 5.28 Å². The van der Waals surface area contributed by atoms with Gasteiger partial charge in [-0.2, -0.15) is 15.1 Å². The highest BCUT2D eigenvalue weighted by Gasteiger charge is 2.48. The lowest BCUT2D eigenvalue weighted by Crippen LogP contribution is -2.49. The molecule has 3 aliphatic rings. The second-order valence-corrected chi connectivity index (χ2v) is 8.34. The lowest BCUT2D eigenvalue weighted by molar-refractivity contribution is -0.0566. The number of ether oxygens (including phenoxy) is 1. The van der Waals surface area contributed by atoms with Gasteiger partial charge in [0.2, 0.25) is 5.28 Å². The number of nitrogens with zero attached hydrogens (tertiary/aromatic N) is 4. The Morgan fingerprint density at radius 2 is 2.04 bits per heavy atom. The standard InChI is InChI=1S/C17H22ClN5O4/c18-16-21-13(20-8-4-17(5-8)2-1-3-17)9-6-19-23(14(9)22-16)15-12(26)11(25)10(7-24)27-15/h6,8,10-12,15,24-26H,1-5,7H2,(H,20,21,22)/t10-,11-,12-,15-/m1/s1. The Kier molecular flexibility index (Phi) is 4.07. The average Bonchev–Trinajstić information content (AvgIpc) is 3.10. The smallest absolute Gasteiger partial charge is 0.226 e. The summed E-state index contributed by atoms with van der Waals surface area (Å²) in [6, 6.07) is 0.358. The van der Waals surface area contributed by atoms with Crippen molar-refractivity contribution in [2.75, 3.05) is 11.9 Å². The van der Waals surface area contributed by atoms with Crippen LogP contribution in [0, 0.1) is 5.41 Å². The fourth-order valence-electron chi connectivity index (χ4n) is 4.64. The minimum absolute atomic E-state index is 0.0659. The van der Waals surface area contributed by atoms with Crippen LogP contribution in [0.25, 0.3) is 11.0 Å². The molecule has 10 heteroatoms. The highest BCUT2D eigenvalue weighted by Crippen LogP contribution is 2.56. The van der Waals surface area contributed by atoms with Crippen LogP contribution in [0.3, 0.4) is 0 Å². The molecule has 146 valence electrons. The molecule has 2 aromatic rings. The van der Waals surface area contributed by atoms with Gasteiger partial charge in [0.05, 0.1) is 18.2 Å². The van der Waals surface area contributed by atoms with Crippen molar-refractivity contribution in [2.45, 2.75) is 62.7 Å². The van der Waals surface area contributed by atoms with E-state index in [1.165, 1.54) is 23.9 Å². The number of rotatable bonds is 4. The van der Waals surface area contributed by atoms with Gasteiger partial charge >= 0.3 is 0 Å². The summed E-state index contributed by atoms with van der Waals surface area (Å²) in [5.74, 6) is 0.613. The van der Waals surface area contributed by atoms with Crippen molar-refractivity contribution in [3.8, 4) is 0 Å². The van der Waals surface area contributed by atoms with Crippen molar-refractivity contribution in [1.82, 2.24) is 19.7 Å². The molecular formula is C17H22ClN5O4. The monoisotopic (exact) mass is 395 g/mol. The van der Waals surface area contributed by atoms with Crippen molar-refractivity contribution < 1.29 is 20.1 Å². The molecule has 5 rings (SSSR count). The third-order valence-corrected chi connectivity index (χ3v) is 6.47. The van der Waals surface area contributed by atoms with Gasteiger partial charge in [-0.15, -0.1) is 0 Å². The number of hydrogen-bond acceptors (Lipinski definition) is 8. The van der Waals surface area contributed by atoms with Gasteiger partial charge in [0.25, 0.3) is 0 Å². The van der Waals surface area contributed by atoms with Gasteiger partial charge in [0.15, 0.2) is 11.9 Å². The van der Waals surface area contributed by atoms with E-state index in [0.717, 1.165) is 12.8 Å². The van der Waals surface area contributed by atoms with Gasteiger partial charge in [0.1, 0.15) is 24.1 Å². The number of hydrogen-bond donors (Lipinski definition) is 4. The first-order valence-corrected chi connectivity index (χ1v) is 9.67. The molecule has 1 spiro atoms. The lowest BCUT2D eigenvalue weighted by atomic mass is 9.54. The largest absolute Gasteiger partial charge is 0.394 e. The van der Waals surface area contributed by atoms with E-state index in [1.807, 2.05) is 0 Å². The van der Waals surface area contributed by atoms with Crippen LogP contribution in [0.5, 0.6) is 0 Å². The fraction of sp³-hybridized carbons (Fsp3) is 0.706. The van der Waals surface area contributed by atoms with E-state index in [2.05, 4.69) is 20.4 Å². The fourth-order valence-corrected chi connectivity index (χ4v) is 4.81. The molecule has 0 amide bonds. The van der Waals surface area contributed by atoms with Gasteiger partial charge in [-0.3, -0.25) is 0 Å². The Balaban J connectivity index is 1.43. The van der Waals surface area contributed by atoms with Crippen LogP contribution in [0.15, 0.2) is 6.20 Å². The molecule has 1 saturated heterocycles. The number of aliphatic hydroxyl groups excluding tert-OH is 3. The molecular weight excluding hydrogens is 374 g/mol. The Morgan fingerprint density at radius 3 is 2.67 bits per heavy atom. The molecule has 3 fully saturated rings. The topological polar surface area (TPSA) is 126 Å². The van der Waals surface area contributed by atoms with Crippen LogP contribution in [0.2, 0.25) is 5.28 Å². The van der Waals surface area contributed by atoms with Gasteiger partial charge < -0.3 is 25.4 Å². The Morgan fingerprint density at radius 1 is 1.26 bits per heavy atom. The zero-order chi connectivity index (χ0) is 18.8. The van der Waals surface area contributed by atoms with Gasteiger partial charge in [-0.25, -0.2) is 4.68 Å². The van der Waals surface area contributed by atoms with Crippen LogP contribution in [0.4, 0.5) is 5.82 Å². The third kappa shape index (κ3) is 2.72. The highest BCUT2D eigenvalue weighted by molar-refractivity contribution is 6.28. The van der Waals surface area contributed by atoms with Crippen molar-refractivity contribution in [3.05, 3.63) is 11.5 Å². The van der Waals surface area contributed by atoms with Crippen molar-refractivity contribution in [3.63, 3.8) is 0 Å². The molecule has 2 aromatic heterocycles. The molecule has 1 aliphatic heterocycles. The summed E-state index contributed by atoms with van der Waals surface area (Å²) in [5.41, 5.74) is 0.944. The summed E-state index contributed by atoms with van der Waals surface area (Å²) in [6.45, 7) is -0.403. The SMILES string of the molecule is OC[C@H]1O[C@@H](n2ncc3c(NC4CC5(CCC5)C4)nc(Cl)nc32)[C@H](O)[C@@H]1O. The molecule has 2 aliphatic carbocycles. The first-order valence-electron chi connectivity index (χ1n) is 9.29. The minimum Gasteiger partial charge on any atom is -0.394 e. The van der Waals surface area contributed by atoms with Gasteiger partial charge in [-0.1, -0.05) is 6.42 Å². The molecule has 2 saturated carbocycles. The molecule has 4 atom stereocenters. The maximum Gasteiger partial charge on any atom is 0.226 e. The number of nitrogens with one attached hydrogen (secondary N) is 1. The summed E-state index contributed by atoms with van der Waals surface area (Å²) in [6.07, 6.45) is 3.54. The molecule has 4 N–H and O–H groups in total. The molecule has 0 aromatic carbocycles. The quantitative estimate of drug-likeness (QED) is 0.561. The Labute approximate surface area is 160 Å². The predicted molar refractivity (Wildman–Crippen MR) is 96.3 cm³/mol. The summed E-state index contributed by atoms with van der Waals surface area (Å²) in [7, 11) is 0. The molecule has 0 unspecified atom stereocenters. The zero-order valence-corrected chi connectivity index (χ0v) is 15.4. The number of anilines is 1. The lowest BCUT2D eigenvalue weighted by Gasteiger charge is -2.54. The Bertz CT molecular complexity index is 864. The van der Waals surface area contributed by atoms with Crippen LogP contribution >= 0.6 is 11.6 Å². The van der Waals surface area contributed by atoms with E-state index in [0.29, 0.717) is 28.3 Å². The number of halogens is 1. The number of aliphatic hydroxyl groups is 3. The zero-order valence-electron chi connectivity index (χ0n) is 14.6. The van der Waals surface area contributed by atoms with Gasteiger partial charge in [-0.05, 0) is 42.7 Å². The van der Waals surface area contributed by atoms with E-state index in [4.69, 9.17) is 16.3 Å². The first-order chi connectivity index (χ1) is 13.0. The second kappa shape index (κ2) is 6.25. The first kappa shape index (κ1) is 17.6.